The van der Waals surface area contributed by atoms with E-state index in [4.69, 9.17) is 17.3 Å². The molecule has 74 valence electrons. The van der Waals surface area contributed by atoms with Crippen LogP contribution in [0.1, 0.15) is 11.5 Å². The van der Waals surface area contributed by atoms with Crippen LogP contribution in [-0.4, -0.2) is 6.54 Å². The van der Waals surface area contributed by atoms with Gasteiger partial charge >= 0.3 is 0 Å². The largest absolute Gasteiger partial charge is 0.386 e. The van der Waals surface area contributed by atoms with Crippen molar-refractivity contribution < 1.29 is 4.39 Å². The third kappa shape index (κ3) is 1.68. The number of hydrogen-bond acceptors (Lipinski definition) is 2. The summed E-state index contributed by atoms with van der Waals surface area (Å²) in [6.45, 7) is 0.628. The van der Waals surface area contributed by atoms with Gasteiger partial charge in [-0.2, -0.15) is 0 Å². The summed E-state index contributed by atoms with van der Waals surface area (Å²) < 4.78 is 13.4. The monoisotopic (exact) mass is 212 g/mol. The molecule has 0 radical (unpaired) electrons. The minimum absolute atomic E-state index is 0.0197. The molecule has 2 rings (SSSR count). The van der Waals surface area contributed by atoms with Crippen molar-refractivity contribution >= 4 is 11.6 Å². The first-order chi connectivity index (χ1) is 6.66. The third-order valence-corrected chi connectivity index (χ3v) is 2.50. The maximum atomic E-state index is 13.4. The number of halogens is 2. The van der Waals surface area contributed by atoms with Crippen molar-refractivity contribution in [3.05, 3.63) is 46.5 Å². The Labute approximate surface area is 86.6 Å². The molecular formula is C10H10ClFN2. The van der Waals surface area contributed by atoms with Crippen molar-refractivity contribution in [1.29, 1.82) is 0 Å². The zero-order valence-corrected chi connectivity index (χ0v) is 8.18. The van der Waals surface area contributed by atoms with E-state index in [0.29, 0.717) is 23.0 Å². The van der Waals surface area contributed by atoms with Gasteiger partial charge in [0.25, 0.3) is 0 Å². The molecule has 4 heteroatoms. The summed E-state index contributed by atoms with van der Waals surface area (Å²) >= 11 is 5.79. The van der Waals surface area contributed by atoms with Crippen LogP contribution in [-0.2, 0) is 0 Å². The lowest BCUT2D eigenvalue weighted by atomic mass is 10.00. The summed E-state index contributed by atoms with van der Waals surface area (Å²) in [5.41, 5.74) is 6.13. The van der Waals surface area contributed by atoms with Crippen LogP contribution in [0.4, 0.5) is 4.39 Å². The second kappa shape index (κ2) is 3.50. The molecule has 2 nitrogen and oxygen atoms in total. The van der Waals surface area contributed by atoms with E-state index in [9.17, 15) is 4.39 Å². The molecule has 0 aliphatic carbocycles. The van der Waals surface area contributed by atoms with Gasteiger partial charge in [0.1, 0.15) is 5.82 Å². The molecule has 0 spiro atoms. The molecule has 0 saturated carbocycles. The van der Waals surface area contributed by atoms with Crippen LogP contribution in [0.5, 0.6) is 0 Å². The van der Waals surface area contributed by atoms with Crippen molar-refractivity contribution in [2.24, 2.45) is 5.73 Å². The maximum Gasteiger partial charge on any atom is 0.127 e. The summed E-state index contributed by atoms with van der Waals surface area (Å²) in [4.78, 5) is 0. The van der Waals surface area contributed by atoms with Crippen LogP contribution in [0.2, 0.25) is 5.02 Å². The molecule has 1 atom stereocenters. The van der Waals surface area contributed by atoms with E-state index in [1.54, 1.807) is 12.1 Å². The maximum absolute atomic E-state index is 13.4. The Kier molecular flexibility index (Phi) is 2.33. The topological polar surface area (TPSA) is 38.0 Å². The molecule has 0 aromatic heterocycles. The molecular weight excluding hydrogens is 203 g/mol. The fraction of sp³-hybridized carbons (Fsp3) is 0.200. The molecule has 3 N–H and O–H groups in total. The van der Waals surface area contributed by atoms with Crippen molar-refractivity contribution in [3.63, 3.8) is 0 Å². The van der Waals surface area contributed by atoms with Gasteiger partial charge in [0.2, 0.25) is 0 Å². The van der Waals surface area contributed by atoms with E-state index in [1.165, 1.54) is 12.1 Å². The molecule has 0 bridgehead atoms. The predicted octanol–water partition coefficient (Wildman–Crippen LogP) is 1.97. The Morgan fingerprint density at radius 1 is 1.50 bits per heavy atom. The number of benzene rings is 1. The SMILES string of the molecule is NC1=C[C@@H](c2cc(Cl)ccc2F)CN1. The number of nitrogens with two attached hydrogens (primary N) is 1. The van der Waals surface area contributed by atoms with Gasteiger partial charge < -0.3 is 11.1 Å². The van der Waals surface area contributed by atoms with Gasteiger partial charge in [-0.05, 0) is 29.8 Å². The van der Waals surface area contributed by atoms with Gasteiger partial charge in [-0.3, -0.25) is 0 Å². The summed E-state index contributed by atoms with van der Waals surface area (Å²) in [5, 5.41) is 3.49. The molecule has 1 heterocycles. The molecule has 1 aliphatic rings. The lowest BCUT2D eigenvalue weighted by Crippen LogP contribution is -2.16. The summed E-state index contributed by atoms with van der Waals surface area (Å²) in [6, 6.07) is 4.55. The molecule has 1 aromatic carbocycles. The Morgan fingerprint density at radius 2 is 2.29 bits per heavy atom. The van der Waals surface area contributed by atoms with Crippen LogP contribution in [0, 0.1) is 5.82 Å². The third-order valence-electron chi connectivity index (χ3n) is 2.26. The van der Waals surface area contributed by atoms with Crippen LogP contribution in [0.25, 0.3) is 0 Å². The van der Waals surface area contributed by atoms with Gasteiger partial charge in [0.05, 0.1) is 5.82 Å². The lowest BCUT2D eigenvalue weighted by molar-refractivity contribution is 0.599. The fourth-order valence-electron chi connectivity index (χ4n) is 1.56. The Hall–Kier alpha value is -1.22. The van der Waals surface area contributed by atoms with Crippen molar-refractivity contribution in [2.45, 2.75) is 5.92 Å². The molecule has 0 fully saturated rings. The number of nitrogens with one attached hydrogen (secondary N) is 1. The van der Waals surface area contributed by atoms with Crippen LogP contribution in [0.3, 0.4) is 0 Å². The van der Waals surface area contributed by atoms with E-state index in [0.717, 1.165) is 0 Å². The minimum Gasteiger partial charge on any atom is -0.386 e. The van der Waals surface area contributed by atoms with Crippen molar-refractivity contribution in [3.8, 4) is 0 Å². The average Bonchev–Trinajstić information content (AvgIpc) is 2.56. The van der Waals surface area contributed by atoms with Crippen LogP contribution < -0.4 is 11.1 Å². The molecule has 0 amide bonds. The van der Waals surface area contributed by atoms with Crippen molar-refractivity contribution in [2.75, 3.05) is 6.54 Å². The first kappa shape index (κ1) is 9.34. The van der Waals surface area contributed by atoms with Crippen LogP contribution in [0.15, 0.2) is 30.1 Å². The molecule has 14 heavy (non-hydrogen) atoms. The Bertz CT molecular complexity index is 390. The highest BCUT2D eigenvalue weighted by molar-refractivity contribution is 6.30. The molecule has 0 unspecified atom stereocenters. The lowest BCUT2D eigenvalue weighted by Gasteiger charge is -2.08. The fourth-order valence-corrected chi connectivity index (χ4v) is 1.74. The second-order valence-corrected chi connectivity index (χ2v) is 3.71. The highest BCUT2D eigenvalue weighted by atomic mass is 35.5. The van der Waals surface area contributed by atoms with Gasteiger partial charge in [-0.15, -0.1) is 0 Å². The van der Waals surface area contributed by atoms with E-state index in [1.807, 2.05) is 0 Å². The Balaban J connectivity index is 2.36. The summed E-state index contributed by atoms with van der Waals surface area (Å²) in [6.07, 6.45) is 1.80. The first-order valence-electron chi connectivity index (χ1n) is 4.33. The number of hydrogen-bond donors (Lipinski definition) is 2. The second-order valence-electron chi connectivity index (χ2n) is 3.28. The van der Waals surface area contributed by atoms with E-state index < -0.39 is 0 Å². The average molecular weight is 213 g/mol. The predicted molar refractivity (Wildman–Crippen MR) is 54.4 cm³/mol. The van der Waals surface area contributed by atoms with Crippen LogP contribution >= 0.6 is 11.6 Å². The smallest absolute Gasteiger partial charge is 0.127 e. The standard InChI is InChI=1S/C10H10ClFN2/c11-7-1-2-9(12)8(4-7)6-3-10(13)14-5-6/h1-4,6,14H,5,13H2/t6-/m1/s1. The molecule has 1 aromatic rings. The van der Waals surface area contributed by atoms with Gasteiger partial charge in [-0.1, -0.05) is 11.6 Å². The number of rotatable bonds is 1. The van der Waals surface area contributed by atoms with Crippen molar-refractivity contribution in [1.82, 2.24) is 5.32 Å². The summed E-state index contributed by atoms with van der Waals surface area (Å²) in [7, 11) is 0. The zero-order chi connectivity index (χ0) is 10.1. The van der Waals surface area contributed by atoms with Gasteiger partial charge in [-0.25, -0.2) is 4.39 Å². The van der Waals surface area contributed by atoms with Gasteiger partial charge in [0.15, 0.2) is 0 Å². The van der Waals surface area contributed by atoms with E-state index in [2.05, 4.69) is 5.32 Å². The van der Waals surface area contributed by atoms with E-state index in [-0.39, 0.29) is 11.7 Å². The van der Waals surface area contributed by atoms with Gasteiger partial charge in [0, 0.05) is 17.5 Å². The summed E-state index contributed by atoms with van der Waals surface area (Å²) in [5.74, 6) is 0.329. The first-order valence-corrected chi connectivity index (χ1v) is 4.71. The highest BCUT2D eigenvalue weighted by Crippen LogP contribution is 2.26. The highest BCUT2D eigenvalue weighted by Gasteiger charge is 2.18. The normalized spacial score (nSPS) is 20.4. The zero-order valence-electron chi connectivity index (χ0n) is 7.43. The quantitative estimate of drug-likeness (QED) is 0.747. The molecule has 1 aliphatic heterocycles. The Morgan fingerprint density at radius 3 is 2.93 bits per heavy atom. The molecule has 0 saturated heterocycles. The minimum atomic E-state index is -0.243. The van der Waals surface area contributed by atoms with E-state index >= 15 is 0 Å².